The van der Waals surface area contributed by atoms with E-state index in [1.54, 1.807) is 0 Å². The van der Waals surface area contributed by atoms with E-state index in [4.69, 9.17) is 0 Å². The van der Waals surface area contributed by atoms with Crippen LogP contribution in [0, 0.1) is 0 Å². The third-order valence-corrected chi connectivity index (χ3v) is 16.2. The van der Waals surface area contributed by atoms with Crippen LogP contribution in [-0.4, -0.2) is 0 Å². The van der Waals surface area contributed by atoms with Gasteiger partial charge >= 0.3 is 0 Å². The van der Waals surface area contributed by atoms with Crippen molar-refractivity contribution in [3.05, 3.63) is 303 Å². The minimum Gasteiger partial charge on any atom is -0.0622 e. The highest BCUT2D eigenvalue weighted by atomic mass is 14.3. The molecule has 0 aliphatic heterocycles. The molecule has 0 N–H and O–H groups in total. The van der Waals surface area contributed by atoms with Gasteiger partial charge in [0.05, 0.1) is 0 Å². The quantitative estimate of drug-likeness (QED) is 0.133. The highest BCUT2D eigenvalue weighted by Gasteiger charge is 2.23. The molecular weight excluding hydrogens is 937 g/mol. The summed E-state index contributed by atoms with van der Waals surface area (Å²) < 4.78 is 0. The zero-order valence-corrected chi connectivity index (χ0v) is 42.9. The minimum absolute atomic E-state index is 1.17. The van der Waals surface area contributed by atoms with Crippen LogP contribution < -0.4 is 0 Å². The summed E-state index contributed by atoms with van der Waals surface area (Å²) in [5.41, 5.74) is 19.4. The lowest BCUT2D eigenvalue weighted by Crippen LogP contribution is -1.95. The normalized spacial score (nSPS) is 11.6. The van der Waals surface area contributed by atoms with Crippen LogP contribution in [0.2, 0.25) is 0 Å². The van der Waals surface area contributed by atoms with Gasteiger partial charge in [-0.15, -0.1) is 0 Å². The summed E-state index contributed by atoms with van der Waals surface area (Å²) in [4.78, 5) is 0. The van der Waals surface area contributed by atoms with Gasteiger partial charge in [0.25, 0.3) is 0 Å². The van der Waals surface area contributed by atoms with E-state index in [1.165, 1.54) is 154 Å². The second-order valence-corrected chi connectivity index (χ2v) is 20.6. The van der Waals surface area contributed by atoms with Gasteiger partial charge in [0, 0.05) is 0 Å². The summed E-state index contributed by atoms with van der Waals surface area (Å²) in [5, 5.41) is 15.0. The van der Waals surface area contributed by atoms with E-state index in [9.17, 15) is 0 Å². The maximum Gasteiger partial charge on any atom is -0.00201 e. The summed E-state index contributed by atoms with van der Waals surface area (Å²) in [5.74, 6) is 0. The van der Waals surface area contributed by atoms with Gasteiger partial charge in [0.2, 0.25) is 0 Å². The molecule has 0 aliphatic rings. The Balaban J connectivity index is 0.910. The first kappa shape index (κ1) is 45.3. The fraction of sp³-hybridized carbons (Fsp3) is 0. The van der Waals surface area contributed by atoms with Crippen LogP contribution in [0.3, 0.4) is 0 Å². The molecule has 78 heavy (non-hydrogen) atoms. The first-order valence-electron chi connectivity index (χ1n) is 27.1. The molecule has 0 nitrogen and oxygen atoms in total. The van der Waals surface area contributed by atoms with Crippen LogP contribution >= 0.6 is 0 Å². The predicted octanol–water partition coefficient (Wildman–Crippen LogP) is 21.9. The molecule has 0 fully saturated rings. The van der Waals surface area contributed by atoms with E-state index in [2.05, 4.69) is 303 Å². The third-order valence-electron chi connectivity index (χ3n) is 16.2. The van der Waals surface area contributed by atoms with Gasteiger partial charge in [-0.3, -0.25) is 0 Å². The zero-order chi connectivity index (χ0) is 51.5. The summed E-state index contributed by atoms with van der Waals surface area (Å²) in [6.45, 7) is 0. The van der Waals surface area contributed by atoms with E-state index in [1.807, 2.05) is 0 Å². The average Bonchev–Trinajstić information content (AvgIpc) is 3.71. The summed E-state index contributed by atoms with van der Waals surface area (Å²) in [7, 11) is 0. The van der Waals surface area contributed by atoms with Crippen LogP contribution in [0.4, 0.5) is 0 Å². The Morgan fingerprint density at radius 1 is 0.128 bits per heavy atom. The second kappa shape index (κ2) is 18.9. The Kier molecular flexibility index (Phi) is 11.0. The van der Waals surface area contributed by atoms with E-state index in [0.717, 1.165) is 0 Å². The Bertz CT molecular complexity index is 4630. The Labute approximate surface area is 454 Å². The molecule has 0 aliphatic carbocycles. The fourth-order valence-corrected chi connectivity index (χ4v) is 12.8. The van der Waals surface area contributed by atoms with Gasteiger partial charge < -0.3 is 0 Å². The number of benzene rings is 15. The highest BCUT2D eigenvalue weighted by molar-refractivity contribution is 6.25. The molecule has 0 heterocycles. The average molecular weight is 987 g/mol. The van der Waals surface area contributed by atoms with E-state index in [-0.39, 0.29) is 0 Å². The first-order valence-corrected chi connectivity index (χ1v) is 27.1. The largest absolute Gasteiger partial charge is 0.0622 e. The molecule has 362 valence electrons. The summed E-state index contributed by atoms with van der Waals surface area (Å²) in [6.07, 6.45) is 0. The maximum atomic E-state index is 2.44. The van der Waals surface area contributed by atoms with Crippen LogP contribution in [0.1, 0.15) is 0 Å². The van der Waals surface area contributed by atoms with Crippen LogP contribution in [0.15, 0.2) is 303 Å². The maximum absolute atomic E-state index is 2.44. The molecule has 0 saturated heterocycles. The van der Waals surface area contributed by atoms with Gasteiger partial charge in [-0.1, -0.05) is 285 Å². The molecule has 0 amide bonds. The van der Waals surface area contributed by atoms with Gasteiger partial charge in [0.15, 0.2) is 0 Å². The van der Waals surface area contributed by atoms with Crippen molar-refractivity contribution >= 4 is 64.6 Å². The molecule has 15 aromatic rings. The molecule has 0 spiro atoms. The molecule has 0 aromatic heterocycles. The van der Waals surface area contributed by atoms with Crippen molar-refractivity contribution in [2.75, 3.05) is 0 Å². The highest BCUT2D eigenvalue weighted by Crippen LogP contribution is 2.50. The summed E-state index contributed by atoms with van der Waals surface area (Å²) in [6, 6.07) is 112. The predicted molar refractivity (Wildman–Crippen MR) is 335 cm³/mol. The van der Waals surface area contributed by atoms with Crippen LogP contribution in [-0.2, 0) is 0 Å². The lowest BCUT2D eigenvalue weighted by atomic mass is 9.82. The SMILES string of the molecule is c1ccc(-c2cc(-c3ccc(-c4c5ccccc5c(-c5cccc6ccccc56)c5ccccc45)cc3)cc(-c3ccccc3)c2-c2cccc(-c3c4ccccc4c(-c4cccc5ccccc45)c4ccccc34)c2)cc1. The number of hydrogen-bond acceptors (Lipinski definition) is 0. The van der Waals surface area contributed by atoms with Crippen LogP contribution in [0.5, 0.6) is 0 Å². The van der Waals surface area contributed by atoms with Crippen molar-refractivity contribution in [3.8, 4) is 89.0 Å². The third kappa shape index (κ3) is 7.53. The molecule has 0 saturated carbocycles. The van der Waals surface area contributed by atoms with E-state index < -0.39 is 0 Å². The standard InChI is InChI=1S/C78H50/c1-3-22-54(23-4-1)72-49-59(51-44-46-56(47-45-51)74-64-34-11-15-38-68(64)77(69-39-16-12-35-65(69)74)62-42-20-28-52-26-7-9-32-60(52)62)50-73(55-24-5-2-6-25-55)76(72)58-31-19-30-57(48-58)75-66-36-13-17-40-70(66)78(71-41-18-14-37-67(71)75)63-43-21-29-53-27-8-10-33-61(53)63/h1-50H. The Hall–Kier alpha value is -10.1. The number of fused-ring (bicyclic) bond motifs is 6. The Morgan fingerprint density at radius 2 is 0.423 bits per heavy atom. The lowest BCUT2D eigenvalue weighted by molar-refractivity contribution is 1.54. The smallest absolute Gasteiger partial charge is 0.00201 e. The molecule has 15 aromatic carbocycles. The molecule has 0 unspecified atom stereocenters. The zero-order valence-electron chi connectivity index (χ0n) is 42.9. The van der Waals surface area contributed by atoms with Crippen molar-refractivity contribution in [3.63, 3.8) is 0 Å². The van der Waals surface area contributed by atoms with Crippen molar-refractivity contribution in [2.24, 2.45) is 0 Å². The van der Waals surface area contributed by atoms with Gasteiger partial charge in [-0.2, -0.15) is 0 Å². The molecule has 0 bridgehead atoms. The fourth-order valence-electron chi connectivity index (χ4n) is 12.8. The van der Waals surface area contributed by atoms with Gasteiger partial charge in [-0.05, 0) is 172 Å². The molecular formula is C78H50. The van der Waals surface area contributed by atoms with Gasteiger partial charge in [-0.25, -0.2) is 0 Å². The van der Waals surface area contributed by atoms with E-state index >= 15 is 0 Å². The molecule has 15 rings (SSSR count). The topological polar surface area (TPSA) is 0 Å². The van der Waals surface area contributed by atoms with Crippen molar-refractivity contribution in [1.82, 2.24) is 0 Å². The van der Waals surface area contributed by atoms with Crippen molar-refractivity contribution in [1.29, 1.82) is 0 Å². The van der Waals surface area contributed by atoms with Crippen molar-refractivity contribution < 1.29 is 0 Å². The van der Waals surface area contributed by atoms with Crippen LogP contribution in [0.25, 0.3) is 154 Å². The number of hydrogen-bond donors (Lipinski definition) is 0. The molecule has 0 radical (unpaired) electrons. The Morgan fingerprint density at radius 3 is 0.846 bits per heavy atom. The lowest BCUT2D eigenvalue weighted by Gasteiger charge is -2.21. The minimum atomic E-state index is 1.17. The molecule has 0 heteroatoms. The molecule has 0 atom stereocenters. The second-order valence-electron chi connectivity index (χ2n) is 20.6. The summed E-state index contributed by atoms with van der Waals surface area (Å²) >= 11 is 0. The van der Waals surface area contributed by atoms with E-state index in [0.29, 0.717) is 0 Å². The number of rotatable bonds is 8. The first-order chi connectivity index (χ1) is 38.7. The van der Waals surface area contributed by atoms with Crippen molar-refractivity contribution in [2.45, 2.75) is 0 Å². The monoisotopic (exact) mass is 986 g/mol. The van der Waals surface area contributed by atoms with Gasteiger partial charge in [0.1, 0.15) is 0 Å².